The molecular weight excluding hydrogens is 182 g/mol. The Labute approximate surface area is 94.9 Å². The average Bonchev–Trinajstić information content (AvgIpc) is 2.15. The fourth-order valence-corrected chi connectivity index (χ4v) is 2.55. The van der Waals surface area contributed by atoms with Gasteiger partial charge in [0.1, 0.15) is 0 Å². The molecule has 0 radical (unpaired) electrons. The van der Waals surface area contributed by atoms with Crippen LogP contribution in [0.3, 0.4) is 0 Å². The second-order valence-corrected chi connectivity index (χ2v) is 5.30. The zero-order valence-electron chi connectivity index (χ0n) is 11.1. The summed E-state index contributed by atoms with van der Waals surface area (Å²) in [6.07, 6.45) is 5.79. The van der Waals surface area contributed by atoms with E-state index in [-0.39, 0.29) is 0 Å². The first-order valence-electron chi connectivity index (χ1n) is 6.04. The number of hydrogen-bond donors (Lipinski definition) is 0. The molecule has 0 saturated carbocycles. The van der Waals surface area contributed by atoms with Gasteiger partial charge in [0.25, 0.3) is 0 Å². The Morgan fingerprint density at radius 3 is 2.20 bits per heavy atom. The van der Waals surface area contributed by atoms with Gasteiger partial charge in [0.15, 0.2) is 0 Å². The first kappa shape index (κ1) is 12.4. The zero-order valence-corrected chi connectivity index (χ0v) is 11.1. The molecule has 0 atom stereocenters. The summed E-state index contributed by atoms with van der Waals surface area (Å²) in [7, 11) is 0. The number of allylic oxidation sites excluding steroid dienone is 3. The van der Waals surface area contributed by atoms with E-state index in [1.165, 1.54) is 24.2 Å². The Balaban J connectivity index is 3.08. The van der Waals surface area contributed by atoms with Gasteiger partial charge < -0.3 is 4.90 Å². The van der Waals surface area contributed by atoms with Crippen molar-refractivity contribution in [2.75, 3.05) is 6.54 Å². The Morgan fingerprint density at radius 1 is 1.20 bits per heavy atom. The molecule has 0 N–H and O–H groups in total. The molecule has 0 aromatic heterocycles. The third kappa shape index (κ3) is 2.27. The van der Waals surface area contributed by atoms with Gasteiger partial charge >= 0.3 is 0 Å². The van der Waals surface area contributed by atoms with Crippen molar-refractivity contribution in [1.29, 1.82) is 0 Å². The highest BCUT2D eigenvalue weighted by Gasteiger charge is 2.33. The van der Waals surface area contributed by atoms with Crippen molar-refractivity contribution in [3.63, 3.8) is 0 Å². The van der Waals surface area contributed by atoms with Crippen LogP contribution in [-0.4, -0.2) is 17.5 Å². The molecule has 1 heteroatoms. The summed E-state index contributed by atoms with van der Waals surface area (Å²) in [6, 6.07) is 0.599. The molecule has 1 saturated heterocycles. The molecule has 0 bridgehead atoms. The Hall–Kier alpha value is -0.720. The predicted octanol–water partition coefficient (Wildman–Crippen LogP) is 3.98. The maximum Gasteiger partial charge on any atom is 0.0359 e. The van der Waals surface area contributed by atoms with Crippen LogP contribution in [0.1, 0.15) is 48.0 Å². The third-order valence-corrected chi connectivity index (χ3v) is 3.48. The summed E-state index contributed by atoms with van der Waals surface area (Å²) in [5.74, 6) is 0. The third-order valence-electron chi connectivity index (χ3n) is 3.48. The molecule has 1 aliphatic rings. The molecule has 86 valence electrons. The van der Waals surface area contributed by atoms with Crippen LogP contribution in [0, 0.1) is 5.41 Å². The minimum atomic E-state index is 0.335. The van der Waals surface area contributed by atoms with Gasteiger partial charge in [-0.05, 0) is 45.1 Å². The minimum absolute atomic E-state index is 0.335. The summed E-state index contributed by atoms with van der Waals surface area (Å²) >= 11 is 0. The van der Waals surface area contributed by atoms with Crippen molar-refractivity contribution in [3.8, 4) is 0 Å². The molecule has 1 heterocycles. The highest BCUT2D eigenvalue weighted by Crippen LogP contribution is 2.41. The fraction of sp³-hybridized carbons (Fsp3) is 0.714. The first-order valence-corrected chi connectivity index (χ1v) is 6.04. The number of hydrogen-bond acceptors (Lipinski definition) is 1. The molecule has 0 aromatic carbocycles. The molecule has 1 rings (SSSR count). The molecule has 1 fully saturated rings. The fourth-order valence-electron chi connectivity index (χ4n) is 2.55. The lowest BCUT2D eigenvalue weighted by Gasteiger charge is -2.44. The van der Waals surface area contributed by atoms with Crippen LogP contribution >= 0.6 is 0 Å². The van der Waals surface area contributed by atoms with Crippen LogP contribution in [0.15, 0.2) is 23.4 Å². The first-order chi connectivity index (χ1) is 6.94. The normalized spacial score (nSPS) is 26.7. The Morgan fingerprint density at radius 2 is 1.80 bits per heavy atom. The predicted molar refractivity (Wildman–Crippen MR) is 67.8 cm³/mol. The van der Waals surface area contributed by atoms with Crippen molar-refractivity contribution >= 4 is 0 Å². The van der Waals surface area contributed by atoms with E-state index in [9.17, 15) is 0 Å². The lowest BCUT2D eigenvalue weighted by Crippen LogP contribution is -2.41. The molecule has 1 aliphatic heterocycles. The standard InChI is InChI=1S/C14H25N/c1-7-12-13(8-2)15(11(3)4)10-9-14(12,5)6/h7-8,11H,9-10H2,1-6H3/b12-7+,13-8+. The largest absolute Gasteiger partial charge is 0.369 e. The van der Waals surface area contributed by atoms with Crippen molar-refractivity contribution in [2.24, 2.45) is 5.41 Å². The minimum Gasteiger partial charge on any atom is -0.369 e. The van der Waals surface area contributed by atoms with Gasteiger partial charge in [-0.2, -0.15) is 0 Å². The number of likely N-dealkylation sites (tertiary alicyclic amines) is 1. The SMILES string of the molecule is C/C=C1\C(=C/C)N(C(C)C)CCC1(C)C. The molecule has 0 unspecified atom stereocenters. The van der Waals surface area contributed by atoms with E-state index in [2.05, 4.69) is 58.6 Å². The highest BCUT2D eigenvalue weighted by molar-refractivity contribution is 5.36. The van der Waals surface area contributed by atoms with Gasteiger partial charge in [-0.25, -0.2) is 0 Å². The molecule has 0 spiro atoms. The van der Waals surface area contributed by atoms with Crippen molar-refractivity contribution in [2.45, 2.75) is 54.0 Å². The van der Waals surface area contributed by atoms with E-state index < -0.39 is 0 Å². The van der Waals surface area contributed by atoms with Gasteiger partial charge in [-0.15, -0.1) is 0 Å². The van der Waals surface area contributed by atoms with Crippen LogP contribution in [0.25, 0.3) is 0 Å². The van der Waals surface area contributed by atoms with Crippen molar-refractivity contribution in [3.05, 3.63) is 23.4 Å². The summed E-state index contributed by atoms with van der Waals surface area (Å²) < 4.78 is 0. The van der Waals surface area contributed by atoms with Crippen molar-refractivity contribution in [1.82, 2.24) is 4.90 Å². The van der Waals surface area contributed by atoms with Crippen LogP contribution < -0.4 is 0 Å². The topological polar surface area (TPSA) is 3.24 Å². The van der Waals surface area contributed by atoms with E-state index in [4.69, 9.17) is 0 Å². The van der Waals surface area contributed by atoms with Crippen LogP contribution in [0.5, 0.6) is 0 Å². The highest BCUT2D eigenvalue weighted by atomic mass is 15.2. The van der Waals surface area contributed by atoms with Crippen LogP contribution in [0.4, 0.5) is 0 Å². The summed E-state index contributed by atoms with van der Waals surface area (Å²) in [5.41, 5.74) is 3.27. The lowest BCUT2D eigenvalue weighted by molar-refractivity contribution is 0.203. The van der Waals surface area contributed by atoms with E-state index in [1.54, 1.807) is 0 Å². The van der Waals surface area contributed by atoms with E-state index in [1.807, 2.05) is 0 Å². The second kappa shape index (κ2) is 4.42. The molecule has 0 aliphatic carbocycles. The van der Waals surface area contributed by atoms with Gasteiger partial charge in [-0.1, -0.05) is 26.0 Å². The average molecular weight is 207 g/mol. The summed E-state index contributed by atoms with van der Waals surface area (Å²) in [6.45, 7) is 14.7. The smallest absolute Gasteiger partial charge is 0.0359 e. The van der Waals surface area contributed by atoms with E-state index in [0.717, 1.165) is 0 Å². The molecule has 0 aromatic rings. The van der Waals surface area contributed by atoms with E-state index >= 15 is 0 Å². The quantitative estimate of drug-likeness (QED) is 0.628. The number of nitrogens with zero attached hydrogens (tertiary/aromatic N) is 1. The zero-order chi connectivity index (χ0) is 11.6. The maximum absolute atomic E-state index is 2.51. The van der Waals surface area contributed by atoms with Gasteiger partial charge in [0.2, 0.25) is 0 Å². The second-order valence-electron chi connectivity index (χ2n) is 5.30. The van der Waals surface area contributed by atoms with Crippen LogP contribution in [-0.2, 0) is 0 Å². The van der Waals surface area contributed by atoms with Crippen molar-refractivity contribution < 1.29 is 0 Å². The molecule has 0 amide bonds. The number of piperidine rings is 1. The molecular formula is C14H25N. The van der Waals surface area contributed by atoms with Crippen LogP contribution in [0.2, 0.25) is 0 Å². The van der Waals surface area contributed by atoms with Gasteiger partial charge in [0.05, 0.1) is 0 Å². The van der Waals surface area contributed by atoms with Gasteiger partial charge in [-0.3, -0.25) is 0 Å². The number of rotatable bonds is 1. The molecule has 15 heavy (non-hydrogen) atoms. The maximum atomic E-state index is 2.51. The summed E-state index contributed by atoms with van der Waals surface area (Å²) in [5, 5.41) is 0. The molecule has 1 nitrogen and oxygen atoms in total. The lowest BCUT2D eigenvalue weighted by atomic mass is 9.75. The Kier molecular flexibility index (Phi) is 3.64. The Bertz CT molecular complexity index is 282. The van der Waals surface area contributed by atoms with E-state index in [0.29, 0.717) is 11.5 Å². The summed E-state index contributed by atoms with van der Waals surface area (Å²) in [4.78, 5) is 2.51. The monoisotopic (exact) mass is 207 g/mol. The van der Waals surface area contributed by atoms with Gasteiger partial charge in [0, 0.05) is 18.3 Å².